The lowest BCUT2D eigenvalue weighted by atomic mass is 10.0. The minimum absolute atomic E-state index is 0.0821. The van der Waals surface area contributed by atoms with E-state index in [-0.39, 0.29) is 12.0 Å². The van der Waals surface area contributed by atoms with Crippen LogP contribution in [0.1, 0.15) is 13.3 Å². The van der Waals surface area contributed by atoms with E-state index in [1.54, 1.807) is 6.33 Å². The zero-order chi connectivity index (χ0) is 20.1. The molecule has 4 aromatic rings. The second-order valence-electron chi connectivity index (χ2n) is 7.82. The van der Waals surface area contributed by atoms with E-state index >= 15 is 0 Å². The molecule has 1 fully saturated rings. The average Bonchev–Trinajstić information content (AvgIpc) is 3.41. The Labute approximate surface area is 168 Å². The van der Waals surface area contributed by atoms with Crippen molar-refractivity contribution in [3.8, 4) is 17.1 Å². The van der Waals surface area contributed by atoms with Crippen molar-refractivity contribution in [2.45, 2.75) is 25.7 Å². The number of pyridine rings is 1. The van der Waals surface area contributed by atoms with Gasteiger partial charge in [-0.15, -0.1) is 0 Å². The number of nitrogens with zero attached hydrogens (tertiary/aromatic N) is 5. The number of ether oxygens (including phenoxy) is 1. The molecule has 0 radical (unpaired) electrons. The number of rotatable bonds is 4. The van der Waals surface area contributed by atoms with Crippen molar-refractivity contribution >= 4 is 21.9 Å². The summed E-state index contributed by atoms with van der Waals surface area (Å²) in [5.41, 5.74) is 4.59. The van der Waals surface area contributed by atoms with Crippen molar-refractivity contribution < 1.29 is 9.84 Å². The van der Waals surface area contributed by atoms with Crippen LogP contribution >= 0.6 is 0 Å². The summed E-state index contributed by atoms with van der Waals surface area (Å²) in [5, 5.41) is 18.2. The predicted molar refractivity (Wildman–Crippen MR) is 110 cm³/mol. The van der Waals surface area contributed by atoms with Crippen molar-refractivity contribution in [1.29, 1.82) is 0 Å². The van der Waals surface area contributed by atoms with E-state index < -0.39 is 6.23 Å². The summed E-state index contributed by atoms with van der Waals surface area (Å²) in [6.07, 6.45) is 3.76. The van der Waals surface area contributed by atoms with Crippen LogP contribution in [0.15, 0.2) is 36.8 Å². The Morgan fingerprint density at radius 2 is 2.14 bits per heavy atom. The van der Waals surface area contributed by atoms with Crippen LogP contribution < -0.4 is 10.1 Å². The Balaban J connectivity index is 1.56. The number of fused-ring (bicyclic) bond motifs is 2. The van der Waals surface area contributed by atoms with Crippen LogP contribution in [0.2, 0.25) is 0 Å². The number of aliphatic hydroxyl groups is 1. The van der Waals surface area contributed by atoms with Gasteiger partial charge in [-0.05, 0) is 31.5 Å². The second kappa shape index (κ2) is 6.82. The molecule has 2 N–H and O–H groups in total. The molecule has 8 heteroatoms. The fraction of sp³-hybridized carbons (Fsp3) is 0.381. The Morgan fingerprint density at radius 1 is 1.28 bits per heavy atom. The predicted octanol–water partition coefficient (Wildman–Crippen LogP) is 2.22. The first-order chi connectivity index (χ1) is 14.0. The van der Waals surface area contributed by atoms with Gasteiger partial charge < -0.3 is 14.4 Å². The van der Waals surface area contributed by atoms with Crippen LogP contribution in [0, 0.1) is 5.92 Å². The zero-order valence-corrected chi connectivity index (χ0v) is 16.7. The van der Waals surface area contributed by atoms with Gasteiger partial charge in [-0.3, -0.25) is 10.00 Å². The normalized spacial score (nSPS) is 20.6. The molecule has 1 aliphatic heterocycles. The Kier molecular flexibility index (Phi) is 4.25. The number of aryl methyl sites for hydroxylation is 2. The first-order valence-electron chi connectivity index (χ1n) is 9.82. The molecule has 0 amide bonds. The van der Waals surface area contributed by atoms with Gasteiger partial charge in [-0.25, -0.2) is 9.97 Å². The highest BCUT2D eigenvalue weighted by molar-refractivity contribution is 5.88. The summed E-state index contributed by atoms with van der Waals surface area (Å²) in [6.45, 7) is 2.76. The summed E-state index contributed by atoms with van der Waals surface area (Å²) in [4.78, 5) is 9.38. The maximum atomic E-state index is 9.78. The fourth-order valence-corrected chi connectivity index (χ4v) is 4.06. The van der Waals surface area contributed by atoms with Gasteiger partial charge in [-0.2, -0.15) is 5.10 Å². The first kappa shape index (κ1) is 18.1. The molecule has 29 heavy (non-hydrogen) atoms. The van der Waals surface area contributed by atoms with Gasteiger partial charge in [0.25, 0.3) is 0 Å². The molecule has 1 saturated heterocycles. The van der Waals surface area contributed by atoms with Crippen molar-refractivity contribution in [2.75, 3.05) is 6.54 Å². The molecule has 4 heterocycles. The van der Waals surface area contributed by atoms with E-state index in [4.69, 9.17) is 9.72 Å². The maximum Gasteiger partial charge on any atom is 0.241 e. The van der Waals surface area contributed by atoms with Crippen molar-refractivity contribution in [3.63, 3.8) is 0 Å². The Bertz CT molecular complexity index is 1200. The van der Waals surface area contributed by atoms with Crippen LogP contribution in [0.5, 0.6) is 5.88 Å². The minimum Gasteiger partial charge on any atom is -0.473 e. The first-order valence-corrected chi connectivity index (χ1v) is 9.82. The Morgan fingerprint density at radius 3 is 2.93 bits per heavy atom. The van der Waals surface area contributed by atoms with Gasteiger partial charge in [0, 0.05) is 37.5 Å². The van der Waals surface area contributed by atoms with Crippen molar-refractivity contribution in [3.05, 3.63) is 36.8 Å². The molecule has 3 unspecified atom stereocenters. The molecule has 3 aromatic heterocycles. The summed E-state index contributed by atoms with van der Waals surface area (Å²) in [7, 11) is 3.87. The summed E-state index contributed by atoms with van der Waals surface area (Å²) in [5.74, 6) is 0.795. The highest BCUT2D eigenvalue weighted by Crippen LogP contribution is 2.32. The van der Waals surface area contributed by atoms with E-state index in [0.717, 1.165) is 39.7 Å². The third-order valence-corrected chi connectivity index (χ3v) is 5.81. The molecule has 0 spiro atoms. The number of imidazole rings is 1. The molecule has 0 bridgehead atoms. The third-order valence-electron chi connectivity index (χ3n) is 5.81. The maximum absolute atomic E-state index is 9.78. The second-order valence-corrected chi connectivity index (χ2v) is 7.82. The molecule has 5 rings (SSSR count). The average molecular weight is 392 g/mol. The van der Waals surface area contributed by atoms with Gasteiger partial charge in [-0.1, -0.05) is 6.07 Å². The van der Waals surface area contributed by atoms with E-state index in [2.05, 4.69) is 27.5 Å². The van der Waals surface area contributed by atoms with E-state index in [1.807, 2.05) is 48.6 Å². The van der Waals surface area contributed by atoms with E-state index in [1.165, 1.54) is 0 Å². The van der Waals surface area contributed by atoms with Gasteiger partial charge in [0.05, 0.1) is 29.3 Å². The SMILES string of the molecule is CC(Oc1nc(-c2ccc3c(cnn3C)c2)cc2ncn(C)c12)C1CNC(O)C1. The molecule has 150 valence electrons. The van der Waals surface area contributed by atoms with Crippen LogP contribution in [-0.4, -0.2) is 48.3 Å². The van der Waals surface area contributed by atoms with Crippen LogP contribution in [0.3, 0.4) is 0 Å². The fourth-order valence-electron chi connectivity index (χ4n) is 4.06. The topological polar surface area (TPSA) is 90.0 Å². The molecular formula is C21H24N6O2. The molecule has 0 saturated carbocycles. The lowest BCUT2D eigenvalue weighted by molar-refractivity contribution is 0.125. The molecule has 1 aliphatic rings. The molecule has 8 nitrogen and oxygen atoms in total. The number of aromatic nitrogens is 5. The van der Waals surface area contributed by atoms with Crippen LogP contribution in [0.25, 0.3) is 33.2 Å². The smallest absolute Gasteiger partial charge is 0.241 e. The number of hydrogen-bond donors (Lipinski definition) is 2. The summed E-state index contributed by atoms with van der Waals surface area (Å²) >= 11 is 0. The Hall–Kier alpha value is -2.97. The summed E-state index contributed by atoms with van der Waals surface area (Å²) < 4.78 is 10.1. The van der Waals surface area contributed by atoms with Crippen LogP contribution in [0.4, 0.5) is 0 Å². The molecule has 0 aliphatic carbocycles. The van der Waals surface area contributed by atoms with E-state index in [0.29, 0.717) is 12.3 Å². The quantitative estimate of drug-likeness (QED) is 0.554. The standard InChI is InChI=1S/C21H24N6O2/c1-12(14-7-19(28)22-9-14)29-21-20-17(23-11-26(20)2)8-16(25-21)13-4-5-18-15(6-13)10-24-27(18)3/h4-6,8,10-12,14,19,22,28H,7,9H2,1-3H3. The monoisotopic (exact) mass is 392 g/mol. The van der Waals surface area contributed by atoms with Crippen molar-refractivity contribution in [1.82, 2.24) is 29.6 Å². The lowest BCUT2D eigenvalue weighted by Crippen LogP contribution is -2.26. The zero-order valence-electron chi connectivity index (χ0n) is 16.7. The van der Waals surface area contributed by atoms with Gasteiger partial charge in [0.2, 0.25) is 5.88 Å². The molecule has 1 aromatic carbocycles. The number of hydrogen-bond acceptors (Lipinski definition) is 6. The third kappa shape index (κ3) is 3.14. The number of nitrogens with one attached hydrogen (secondary N) is 1. The largest absolute Gasteiger partial charge is 0.473 e. The van der Waals surface area contributed by atoms with Crippen molar-refractivity contribution in [2.24, 2.45) is 20.0 Å². The summed E-state index contributed by atoms with van der Waals surface area (Å²) in [6, 6.07) is 8.18. The van der Waals surface area contributed by atoms with Gasteiger partial charge in [0.15, 0.2) is 0 Å². The van der Waals surface area contributed by atoms with Gasteiger partial charge in [0.1, 0.15) is 17.8 Å². The molecular weight excluding hydrogens is 368 g/mol. The van der Waals surface area contributed by atoms with E-state index in [9.17, 15) is 5.11 Å². The van der Waals surface area contributed by atoms with Crippen LogP contribution in [-0.2, 0) is 14.1 Å². The lowest BCUT2D eigenvalue weighted by Gasteiger charge is -2.20. The van der Waals surface area contributed by atoms with Gasteiger partial charge >= 0.3 is 0 Å². The highest BCUT2D eigenvalue weighted by Gasteiger charge is 2.29. The molecule has 3 atom stereocenters. The minimum atomic E-state index is -0.465. The highest BCUT2D eigenvalue weighted by atomic mass is 16.5. The number of benzene rings is 1. The number of aliphatic hydroxyl groups excluding tert-OH is 1.